The van der Waals surface area contributed by atoms with Crippen LogP contribution in [-0.2, 0) is 16.1 Å². The van der Waals surface area contributed by atoms with Crippen LogP contribution in [0.25, 0.3) is 11.3 Å². The summed E-state index contributed by atoms with van der Waals surface area (Å²) in [6.07, 6.45) is 0. The Morgan fingerprint density at radius 3 is 2.65 bits per heavy atom. The SMILES string of the molecule is CC(=O)Nc1sc(C)c(C)c1C(=O)OCc1cc(-c2ccccc2)on1. The number of aryl methyl sites for hydroxylation is 1. The van der Waals surface area contributed by atoms with Crippen molar-refractivity contribution in [3.63, 3.8) is 0 Å². The molecule has 2 aromatic heterocycles. The van der Waals surface area contributed by atoms with E-state index in [1.165, 1.54) is 18.3 Å². The minimum Gasteiger partial charge on any atom is -0.455 e. The van der Waals surface area contributed by atoms with Gasteiger partial charge in [-0.05, 0) is 19.4 Å². The Morgan fingerprint density at radius 2 is 1.96 bits per heavy atom. The van der Waals surface area contributed by atoms with E-state index < -0.39 is 5.97 Å². The van der Waals surface area contributed by atoms with Crippen molar-refractivity contribution < 1.29 is 18.8 Å². The van der Waals surface area contributed by atoms with E-state index in [1.807, 2.05) is 44.2 Å². The topological polar surface area (TPSA) is 81.4 Å². The molecular weight excluding hydrogens is 352 g/mol. The summed E-state index contributed by atoms with van der Waals surface area (Å²) in [5, 5.41) is 7.12. The molecule has 0 aliphatic heterocycles. The third-order valence-electron chi connectivity index (χ3n) is 3.85. The lowest BCUT2D eigenvalue weighted by molar-refractivity contribution is -0.114. The van der Waals surface area contributed by atoms with E-state index in [2.05, 4.69) is 10.5 Å². The molecule has 6 nitrogen and oxygen atoms in total. The molecule has 3 aromatic rings. The van der Waals surface area contributed by atoms with Crippen LogP contribution in [0.4, 0.5) is 5.00 Å². The predicted octanol–water partition coefficient (Wildman–Crippen LogP) is 4.34. The number of nitrogens with one attached hydrogen (secondary N) is 1. The smallest absolute Gasteiger partial charge is 0.341 e. The maximum Gasteiger partial charge on any atom is 0.341 e. The minimum atomic E-state index is -0.500. The fourth-order valence-corrected chi connectivity index (χ4v) is 3.55. The second kappa shape index (κ2) is 7.53. The van der Waals surface area contributed by atoms with Gasteiger partial charge in [-0.25, -0.2) is 4.79 Å². The van der Waals surface area contributed by atoms with Crippen molar-refractivity contribution in [3.8, 4) is 11.3 Å². The second-order valence-corrected chi connectivity index (χ2v) is 7.02. The highest BCUT2D eigenvalue weighted by Gasteiger charge is 2.22. The van der Waals surface area contributed by atoms with Crippen LogP contribution >= 0.6 is 11.3 Å². The van der Waals surface area contributed by atoms with Gasteiger partial charge in [0.15, 0.2) is 5.76 Å². The lowest BCUT2D eigenvalue weighted by atomic mass is 10.1. The number of nitrogens with zero attached hydrogens (tertiary/aromatic N) is 1. The largest absolute Gasteiger partial charge is 0.455 e. The van der Waals surface area contributed by atoms with Crippen LogP contribution in [0.5, 0.6) is 0 Å². The number of amides is 1. The number of aromatic nitrogens is 1. The Labute approximate surface area is 154 Å². The Bertz CT molecular complexity index is 944. The van der Waals surface area contributed by atoms with Gasteiger partial charge in [0, 0.05) is 23.4 Å². The number of carbonyl (C=O) groups excluding carboxylic acids is 2. The molecule has 0 spiro atoms. The summed E-state index contributed by atoms with van der Waals surface area (Å²) in [6.45, 7) is 5.12. The van der Waals surface area contributed by atoms with Gasteiger partial charge in [0.25, 0.3) is 0 Å². The van der Waals surface area contributed by atoms with Crippen molar-refractivity contribution in [2.24, 2.45) is 0 Å². The molecule has 3 rings (SSSR count). The van der Waals surface area contributed by atoms with Crippen LogP contribution in [0.2, 0.25) is 0 Å². The van der Waals surface area contributed by atoms with Gasteiger partial charge >= 0.3 is 5.97 Å². The Morgan fingerprint density at radius 1 is 1.23 bits per heavy atom. The van der Waals surface area contributed by atoms with E-state index in [1.54, 1.807) is 6.07 Å². The molecule has 0 aliphatic rings. The zero-order chi connectivity index (χ0) is 18.7. The number of esters is 1. The van der Waals surface area contributed by atoms with Crippen molar-refractivity contribution in [2.45, 2.75) is 27.4 Å². The van der Waals surface area contributed by atoms with Crippen molar-refractivity contribution in [1.82, 2.24) is 5.16 Å². The van der Waals surface area contributed by atoms with Gasteiger partial charge in [0.1, 0.15) is 17.3 Å². The number of rotatable bonds is 5. The summed E-state index contributed by atoms with van der Waals surface area (Å²) in [4.78, 5) is 24.8. The standard InChI is InChI=1S/C19H18N2O4S/c1-11-12(2)26-18(20-13(3)22)17(11)19(23)24-10-15-9-16(25-21-15)14-7-5-4-6-8-14/h4-9H,10H2,1-3H3,(H,20,22). The minimum absolute atomic E-state index is 0.0109. The van der Waals surface area contributed by atoms with Gasteiger partial charge in [-0.15, -0.1) is 11.3 Å². The van der Waals surface area contributed by atoms with Gasteiger partial charge in [0.2, 0.25) is 5.91 Å². The van der Waals surface area contributed by atoms with E-state index in [9.17, 15) is 9.59 Å². The first-order chi connectivity index (χ1) is 12.5. The number of thiophene rings is 1. The quantitative estimate of drug-likeness (QED) is 0.676. The predicted molar refractivity (Wildman–Crippen MR) is 99.2 cm³/mol. The molecule has 0 unspecified atom stereocenters. The Balaban J connectivity index is 1.72. The molecule has 0 atom stereocenters. The lowest BCUT2D eigenvalue weighted by Gasteiger charge is -2.06. The summed E-state index contributed by atoms with van der Waals surface area (Å²) < 4.78 is 10.7. The fraction of sp³-hybridized carbons (Fsp3) is 0.211. The molecule has 7 heteroatoms. The Hall–Kier alpha value is -2.93. The van der Waals surface area contributed by atoms with Gasteiger partial charge in [-0.1, -0.05) is 35.5 Å². The van der Waals surface area contributed by atoms with Crippen molar-refractivity contribution in [2.75, 3.05) is 5.32 Å². The number of hydrogen-bond donors (Lipinski definition) is 1. The normalized spacial score (nSPS) is 10.6. The molecule has 1 aromatic carbocycles. The molecule has 1 N–H and O–H groups in total. The van der Waals surface area contributed by atoms with E-state index in [0.717, 1.165) is 16.0 Å². The molecule has 0 bridgehead atoms. The van der Waals surface area contributed by atoms with E-state index >= 15 is 0 Å². The average molecular weight is 370 g/mol. The molecule has 1 amide bonds. The van der Waals surface area contributed by atoms with E-state index in [-0.39, 0.29) is 12.5 Å². The first-order valence-corrected chi connectivity index (χ1v) is 8.83. The number of anilines is 1. The maximum absolute atomic E-state index is 12.5. The zero-order valence-corrected chi connectivity index (χ0v) is 15.5. The molecule has 0 aliphatic carbocycles. The van der Waals surface area contributed by atoms with Crippen LogP contribution in [0.1, 0.15) is 33.4 Å². The van der Waals surface area contributed by atoms with Crippen LogP contribution in [0.15, 0.2) is 40.9 Å². The highest BCUT2D eigenvalue weighted by Crippen LogP contribution is 2.33. The Kier molecular flexibility index (Phi) is 5.18. The maximum atomic E-state index is 12.5. The fourth-order valence-electron chi connectivity index (χ4n) is 2.45. The molecule has 0 saturated heterocycles. The summed E-state index contributed by atoms with van der Waals surface area (Å²) in [7, 11) is 0. The first kappa shape index (κ1) is 17.9. The average Bonchev–Trinajstić information content (AvgIpc) is 3.19. The first-order valence-electron chi connectivity index (χ1n) is 8.01. The molecule has 2 heterocycles. The second-order valence-electron chi connectivity index (χ2n) is 5.79. The number of benzene rings is 1. The highest BCUT2D eigenvalue weighted by molar-refractivity contribution is 7.16. The summed E-state index contributed by atoms with van der Waals surface area (Å²) >= 11 is 1.35. The number of carbonyl (C=O) groups is 2. The lowest BCUT2D eigenvalue weighted by Crippen LogP contribution is -2.12. The van der Waals surface area contributed by atoms with Crippen LogP contribution in [0.3, 0.4) is 0 Å². The van der Waals surface area contributed by atoms with Gasteiger partial charge in [-0.3, -0.25) is 4.79 Å². The molecule has 134 valence electrons. The zero-order valence-electron chi connectivity index (χ0n) is 14.7. The summed E-state index contributed by atoms with van der Waals surface area (Å²) in [5.74, 6) is -0.123. The third kappa shape index (κ3) is 3.83. The number of ether oxygens (including phenoxy) is 1. The molecule has 0 fully saturated rings. The molecular formula is C19H18N2O4S. The van der Waals surface area contributed by atoms with Gasteiger partial charge in [0.05, 0.1) is 5.56 Å². The van der Waals surface area contributed by atoms with Crippen LogP contribution in [0, 0.1) is 13.8 Å². The van der Waals surface area contributed by atoms with Crippen molar-refractivity contribution >= 4 is 28.2 Å². The summed E-state index contributed by atoms with van der Waals surface area (Å²) in [6, 6.07) is 11.3. The molecule has 26 heavy (non-hydrogen) atoms. The van der Waals surface area contributed by atoms with Crippen molar-refractivity contribution in [3.05, 3.63) is 58.1 Å². The van der Waals surface area contributed by atoms with E-state index in [0.29, 0.717) is 22.0 Å². The van der Waals surface area contributed by atoms with Crippen LogP contribution in [-0.4, -0.2) is 17.0 Å². The monoisotopic (exact) mass is 370 g/mol. The molecule has 0 saturated carbocycles. The van der Waals surface area contributed by atoms with Gasteiger partial charge in [-0.2, -0.15) is 0 Å². The molecule has 0 radical (unpaired) electrons. The van der Waals surface area contributed by atoms with Gasteiger partial charge < -0.3 is 14.6 Å². The van der Waals surface area contributed by atoms with Crippen LogP contribution < -0.4 is 5.32 Å². The third-order valence-corrected chi connectivity index (χ3v) is 4.97. The van der Waals surface area contributed by atoms with Crippen molar-refractivity contribution in [1.29, 1.82) is 0 Å². The summed E-state index contributed by atoms with van der Waals surface area (Å²) in [5.41, 5.74) is 2.60. The van der Waals surface area contributed by atoms with E-state index in [4.69, 9.17) is 9.26 Å². The highest BCUT2D eigenvalue weighted by atomic mass is 32.1. The number of hydrogen-bond acceptors (Lipinski definition) is 6.